The molecule has 1 saturated carbocycles. The molecule has 0 aromatic heterocycles. The number of carbonyl (C=O) groups is 2. The van der Waals surface area contributed by atoms with Gasteiger partial charge in [0.2, 0.25) is 11.8 Å². The maximum Gasteiger partial charge on any atom is 0.237 e. The average molecular weight is 333 g/mol. The molecule has 1 N–H and O–H groups in total. The molecule has 3 unspecified atom stereocenters. The van der Waals surface area contributed by atoms with Crippen molar-refractivity contribution in [2.75, 3.05) is 32.7 Å². The molecular formula is C19H31N3O2. The summed E-state index contributed by atoms with van der Waals surface area (Å²) in [5.41, 5.74) is 0. The first-order chi connectivity index (χ1) is 11.7. The minimum absolute atomic E-state index is 0.0458. The van der Waals surface area contributed by atoms with Gasteiger partial charge in [-0.05, 0) is 63.5 Å². The van der Waals surface area contributed by atoms with Crippen molar-refractivity contribution >= 4 is 11.8 Å². The minimum atomic E-state index is 0.0458. The fraction of sp³-hybridized carbons (Fsp3) is 0.895. The lowest BCUT2D eigenvalue weighted by atomic mass is 9.82. The highest BCUT2D eigenvalue weighted by atomic mass is 16.2. The van der Waals surface area contributed by atoms with Crippen molar-refractivity contribution < 1.29 is 9.59 Å². The third-order valence-electron chi connectivity index (χ3n) is 6.86. The first-order valence-corrected chi connectivity index (χ1v) is 10.0. The molecule has 0 aromatic rings. The number of hydrogen-bond donors (Lipinski definition) is 1. The molecule has 4 fully saturated rings. The summed E-state index contributed by atoms with van der Waals surface area (Å²) < 4.78 is 0. The molecule has 3 heterocycles. The molecule has 3 saturated heterocycles. The molecule has 0 radical (unpaired) electrons. The normalized spacial score (nSPS) is 35.6. The molecule has 24 heavy (non-hydrogen) atoms. The summed E-state index contributed by atoms with van der Waals surface area (Å²) in [6.45, 7) is 4.63. The lowest BCUT2D eigenvalue weighted by Gasteiger charge is -2.38. The first-order valence-electron chi connectivity index (χ1n) is 10.0. The molecule has 0 spiro atoms. The van der Waals surface area contributed by atoms with Gasteiger partial charge in [-0.25, -0.2) is 0 Å². The van der Waals surface area contributed by atoms with Gasteiger partial charge in [0.25, 0.3) is 0 Å². The molecule has 0 aromatic carbocycles. The minimum Gasteiger partial charge on any atom is -0.355 e. The number of hydrogen-bond acceptors (Lipinski definition) is 3. The third kappa shape index (κ3) is 3.19. The molecule has 4 aliphatic rings. The largest absolute Gasteiger partial charge is 0.355 e. The fourth-order valence-corrected chi connectivity index (χ4v) is 5.41. The van der Waals surface area contributed by atoms with Crippen LogP contribution in [-0.4, -0.2) is 60.4 Å². The van der Waals surface area contributed by atoms with E-state index < -0.39 is 0 Å². The highest BCUT2D eigenvalue weighted by Gasteiger charge is 2.40. The lowest BCUT2D eigenvalue weighted by Crippen LogP contribution is -2.53. The van der Waals surface area contributed by atoms with Gasteiger partial charge in [0.1, 0.15) is 0 Å². The molecule has 5 heteroatoms. The van der Waals surface area contributed by atoms with Crippen molar-refractivity contribution in [1.29, 1.82) is 0 Å². The van der Waals surface area contributed by atoms with Crippen LogP contribution >= 0.6 is 0 Å². The van der Waals surface area contributed by atoms with Crippen molar-refractivity contribution in [3.63, 3.8) is 0 Å². The van der Waals surface area contributed by atoms with Crippen LogP contribution in [0.3, 0.4) is 0 Å². The van der Waals surface area contributed by atoms with Crippen LogP contribution in [-0.2, 0) is 9.59 Å². The Hall–Kier alpha value is -1.10. The quantitative estimate of drug-likeness (QED) is 0.836. The second kappa shape index (κ2) is 7.03. The van der Waals surface area contributed by atoms with Crippen LogP contribution in [0, 0.1) is 17.8 Å². The van der Waals surface area contributed by atoms with Crippen LogP contribution in [0.2, 0.25) is 0 Å². The monoisotopic (exact) mass is 333 g/mol. The van der Waals surface area contributed by atoms with Gasteiger partial charge in [0, 0.05) is 25.6 Å². The Labute approximate surface area is 145 Å². The van der Waals surface area contributed by atoms with Crippen LogP contribution in [0.5, 0.6) is 0 Å². The van der Waals surface area contributed by atoms with Crippen LogP contribution in [0.25, 0.3) is 0 Å². The molecule has 3 aliphatic heterocycles. The van der Waals surface area contributed by atoms with Gasteiger partial charge in [-0.1, -0.05) is 12.8 Å². The zero-order chi connectivity index (χ0) is 16.5. The highest BCUT2D eigenvalue weighted by Crippen LogP contribution is 2.37. The lowest BCUT2D eigenvalue weighted by molar-refractivity contribution is -0.137. The van der Waals surface area contributed by atoms with E-state index in [0.29, 0.717) is 5.91 Å². The predicted octanol–water partition coefficient (Wildman–Crippen LogP) is 1.63. The van der Waals surface area contributed by atoms with Crippen molar-refractivity contribution in [2.45, 2.75) is 57.4 Å². The van der Waals surface area contributed by atoms with E-state index in [0.717, 1.165) is 70.2 Å². The Morgan fingerprint density at radius 2 is 1.58 bits per heavy atom. The number of fused-ring (bicyclic) bond motifs is 1. The zero-order valence-electron chi connectivity index (χ0n) is 14.7. The Bertz CT molecular complexity index is 473. The topological polar surface area (TPSA) is 52.7 Å². The number of nitrogens with zero attached hydrogens (tertiary/aromatic N) is 2. The molecule has 2 amide bonds. The first kappa shape index (κ1) is 16.4. The van der Waals surface area contributed by atoms with Gasteiger partial charge in [-0.3, -0.25) is 14.5 Å². The summed E-state index contributed by atoms with van der Waals surface area (Å²) in [6.07, 6.45) is 9.25. The van der Waals surface area contributed by atoms with Crippen LogP contribution in [0.15, 0.2) is 0 Å². The summed E-state index contributed by atoms with van der Waals surface area (Å²) in [7, 11) is 0. The standard InChI is InChI=1S/C19H31N3O2/c23-18-17(6-3-9-20-18)21-10-7-14(8-11-21)19(24)22-12-15-4-1-2-5-16(15)13-22/h14-17H,1-13H2,(H,20,23). The Balaban J connectivity index is 1.29. The van der Waals surface area contributed by atoms with Crippen LogP contribution < -0.4 is 5.32 Å². The van der Waals surface area contributed by atoms with Crippen molar-refractivity contribution in [2.24, 2.45) is 17.8 Å². The van der Waals surface area contributed by atoms with E-state index in [2.05, 4.69) is 15.1 Å². The number of carbonyl (C=O) groups excluding carboxylic acids is 2. The van der Waals surface area contributed by atoms with Crippen molar-refractivity contribution in [3.8, 4) is 0 Å². The molecule has 4 rings (SSSR count). The van der Waals surface area contributed by atoms with E-state index in [4.69, 9.17) is 0 Å². The van der Waals surface area contributed by atoms with E-state index in [9.17, 15) is 9.59 Å². The number of nitrogens with one attached hydrogen (secondary N) is 1. The van der Waals surface area contributed by atoms with Gasteiger partial charge in [0.05, 0.1) is 6.04 Å². The number of amides is 2. The number of rotatable bonds is 2. The van der Waals surface area contributed by atoms with Crippen LogP contribution in [0.1, 0.15) is 51.4 Å². The second-order valence-corrected chi connectivity index (χ2v) is 8.31. The van der Waals surface area contributed by atoms with Gasteiger partial charge in [-0.15, -0.1) is 0 Å². The fourth-order valence-electron chi connectivity index (χ4n) is 5.41. The average Bonchev–Trinajstić information content (AvgIpc) is 3.06. The summed E-state index contributed by atoms with van der Waals surface area (Å²) >= 11 is 0. The predicted molar refractivity (Wildman–Crippen MR) is 92.4 cm³/mol. The Morgan fingerprint density at radius 1 is 0.917 bits per heavy atom. The van der Waals surface area contributed by atoms with Crippen molar-refractivity contribution in [3.05, 3.63) is 0 Å². The Kier molecular flexibility index (Phi) is 4.79. The van der Waals surface area contributed by atoms with Gasteiger partial charge < -0.3 is 10.2 Å². The van der Waals surface area contributed by atoms with Gasteiger partial charge >= 0.3 is 0 Å². The molecule has 1 aliphatic carbocycles. The molecule has 134 valence electrons. The third-order valence-corrected chi connectivity index (χ3v) is 6.86. The van der Waals surface area contributed by atoms with Crippen molar-refractivity contribution in [1.82, 2.24) is 15.1 Å². The van der Waals surface area contributed by atoms with E-state index in [1.165, 1.54) is 25.7 Å². The second-order valence-electron chi connectivity index (χ2n) is 8.31. The van der Waals surface area contributed by atoms with Gasteiger partial charge in [0.15, 0.2) is 0 Å². The van der Waals surface area contributed by atoms with E-state index in [-0.39, 0.29) is 17.9 Å². The van der Waals surface area contributed by atoms with E-state index in [1.807, 2.05) is 0 Å². The number of likely N-dealkylation sites (tertiary alicyclic amines) is 2. The number of piperidine rings is 2. The molecule has 5 nitrogen and oxygen atoms in total. The summed E-state index contributed by atoms with van der Waals surface area (Å²) in [5.74, 6) is 2.32. The molecule has 3 atom stereocenters. The SMILES string of the molecule is O=C1NCCCC1N1CCC(C(=O)N2CC3CCCCC3C2)CC1. The summed E-state index contributed by atoms with van der Waals surface area (Å²) in [5, 5.41) is 2.98. The smallest absolute Gasteiger partial charge is 0.237 e. The zero-order valence-corrected chi connectivity index (χ0v) is 14.7. The van der Waals surface area contributed by atoms with Gasteiger partial charge in [-0.2, -0.15) is 0 Å². The van der Waals surface area contributed by atoms with E-state index >= 15 is 0 Å². The summed E-state index contributed by atoms with van der Waals surface area (Å²) in [6, 6.07) is 0.0458. The highest BCUT2D eigenvalue weighted by molar-refractivity contribution is 5.82. The maximum absolute atomic E-state index is 12.9. The molecule has 0 bridgehead atoms. The van der Waals surface area contributed by atoms with Crippen LogP contribution in [0.4, 0.5) is 0 Å². The Morgan fingerprint density at radius 3 is 2.21 bits per heavy atom. The molecular weight excluding hydrogens is 302 g/mol. The van der Waals surface area contributed by atoms with E-state index in [1.54, 1.807) is 0 Å². The maximum atomic E-state index is 12.9. The summed E-state index contributed by atoms with van der Waals surface area (Å²) in [4.78, 5) is 29.4.